The summed E-state index contributed by atoms with van der Waals surface area (Å²) in [5.41, 5.74) is 0.268. The summed E-state index contributed by atoms with van der Waals surface area (Å²) in [5.74, 6) is -0.230. The highest BCUT2D eigenvalue weighted by Gasteiger charge is 2.01. The number of hydrogen-bond acceptors (Lipinski definition) is 3. The number of carboxylic acid groups (broad SMARTS) is 1. The maximum atomic E-state index is 10.6. The minimum Gasteiger partial charge on any atom is -0.502 e. The van der Waals surface area contributed by atoms with Gasteiger partial charge in [-0.15, -0.1) is 0 Å². The summed E-state index contributed by atoms with van der Waals surface area (Å²) in [4.78, 5) is 10.6. The number of carbonyl (C=O) groups is 1. The van der Waals surface area contributed by atoms with E-state index in [1.165, 1.54) is 18.4 Å². The molecule has 1 rings (SSSR count). The fraction of sp³-hybridized carbons (Fsp3) is 0.357. The van der Waals surface area contributed by atoms with Crippen molar-refractivity contribution in [1.29, 1.82) is 0 Å². The van der Waals surface area contributed by atoms with Crippen molar-refractivity contribution < 1.29 is 19.4 Å². The van der Waals surface area contributed by atoms with Crippen LogP contribution < -0.4 is 4.74 Å². The molecule has 0 unspecified atom stereocenters. The van der Waals surface area contributed by atoms with Gasteiger partial charge in [0.05, 0.1) is 25.0 Å². The van der Waals surface area contributed by atoms with Gasteiger partial charge in [0.2, 0.25) is 0 Å². The summed E-state index contributed by atoms with van der Waals surface area (Å²) < 4.78 is 10.5. The first-order valence-corrected chi connectivity index (χ1v) is 5.92. The maximum absolute atomic E-state index is 10.6. The van der Waals surface area contributed by atoms with Crippen molar-refractivity contribution in [2.24, 2.45) is 0 Å². The molecule has 4 nitrogen and oxygen atoms in total. The Morgan fingerprint density at radius 1 is 1.17 bits per heavy atom. The normalized spacial score (nSPS) is 9.78. The second kappa shape index (κ2) is 8.17. The van der Waals surface area contributed by atoms with E-state index in [0.717, 1.165) is 19.3 Å². The molecule has 0 saturated carbocycles. The molecule has 0 fully saturated rings. The molecule has 4 heteroatoms. The first-order valence-electron chi connectivity index (χ1n) is 5.92. The van der Waals surface area contributed by atoms with Crippen LogP contribution in [0.2, 0.25) is 0 Å². The fourth-order valence-corrected chi connectivity index (χ4v) is 1.43. The van der Waals surface area contributed by atoms with Gasteiger partial charge in [0.15, 0.2) is 0 Å². The van der Waals surface area contributed by atoms with Crippen molar-refractivity contribution in [3.05, 3.63) is 42.7 Å². The van der Waals surface area contributed by atoms with Crippen molar-refractivity contribution in [2.75, 3.05) is 13.2 Å². The third-order valence-corrected chi connectivity index (χ3v) is 2.39. The van der Waals surface area contributed by atoms with Crippen LogP contribution in [0.3, 0.4) is 0 Å². The number of benzene rings is 1. The Hall–Kier alpha value is -1.97. The van der Waals surface area contributed by atoms with Crippen LogP contribution in [0.4, 0.5) is 0 Å². The van der Waals surface area contributed by atoms with E-state index in [4.69, 9.17) is 14.6 Å². The van der Waals surface area contributed by atoms with Crippen LogP contribution in [0.25, 0.3) is 0 Å². The summed E-state index contributed by atoms with van der Waals surface area (Å²) in [6, 6.07) is 6.42. The van der Waals surface area contributed by atoms with Gasteiger partial charge in [0.25, 0.3) is 0 Å². The standard InChI is InChI=1S/C14H18O4/c1-2-17-10-4-3-5-11-18-13-8-6-12(7-9-13)14(15)16/h2,6-9H,1,3-5,10-11H2,(H,15,16). The molecular weight excluding hydrogens is 232 g/mol. The highest BCUT2D eigenvalue weighted by atomic mass is 16.5. The SMILES string of the molecule is C=COCCCCCOc1ccc(C(=O)O)cc1. The summed E-state index contributed by atoms with van der Waals surface area (Å²) in [7, 11) is 0. The summed E-state index contributed by atoms with van der Waals surface area (Å²) in [6.45, 7) is 4.78. The van der Waals surface area contributed by atoms with Crippen LogP contribution >= 0.6 is 0 Å². The zero-order valence-corrected chi connectivity index (χ0v) is 10.3. The Morgan fingerprint density at radius 3 is 2.44 bits per heavy atom. The summed E-state index contributed by atoms with van der Waals surface area (Å²) >= 11 is 0. The largest absolute Gasteiger partial charge is 0.502 e. The monoisotopic (exact) mass is 250 g/mol. The molecule has 0 aromatic heterocycles. The van der Waals surface area contributed by atoms with E-state index in [9.17, 15) is 4.79 Å². The van der Waals surface area contributed by atoms with Crippen LogP contribution in [-0.4, -0.2) is 24.3 Å². The van der Waals surface area contributed by atoms with Gasteiger partial charge in [0.1, 0.15) is 5.75 Å². The predicted molar refractivity (Wildman–Crippen MR) is 68.9 cm³/mol. The molecule has 0 radical (unpaired) electrons. The lowest BCUT2D eigenvalue weighted by atomic mass is 10.2. The number of ether oxygens (including phenoxy) is 2. The summed E-state index contributed by atoms with van der Waals surface area (Å²) in [5, 5.41) is 8.73. The van der Waals surface area contributed by atoms with E-state index in [2.05, 4.69) is 6.58 Å². The van der Waals surface area contributed by atoms with Crippen LogP contribution in [0.5, 0.6) is 5.75 Å². The zero-order valence-electron chi connectivity index (χ0n) is 10.3. The Labute approximate surface area is 107 Å². The van der Waals surface area contributed by atoms with E-state index < -0.39 is 5.97 Å². The average Bonchev–Trinajstić information content (AvgIpc) is 2.38. The smallest absolute Gasteiger partial charge is 0.335 e. The minimum atomic E-state index is -0.927. The van der Waals surface area contributed by atoms with Gasteiger partial charge >= 0.3 is 5.97 Å². The van der Waals surface area contributed by atoms with Crippen LogP contribution in [0.1, 0.15) is 29.6 Å². The van der Waals surface area contributed by atoms with Crippen molar-refractivity contribution in [3.8, 4) is 5.75 Å². The van der Waals surface area contributed by atoms with E-state index in [1.54, 1.807) is 12.1 Å². The highest BCUT2D eigenvalue weighted by molar-refractivity contribution is 5.87. The van der Waals surface area contributed by atoms with Gasteiger partial charge in [-0.1, -0.05) is 6.58 Å². The van der Waals surface area contributed by atoms with Crippen LogP contribution in [-0.2, 0) is 4.74 Å². The molecule has 0 saturated heterocycles. The van der Waals surface area contributed by atoms with E-state index in [0.29, 0.717) is 19.0 Å². The predicted octanol–water partition coefficient (Wildman–Crippen LogP) is 3.09. The van der Waals surface area contributed by atoms with Gasteiger partial charge in [-0.25, -0.2) is 4.79 Å². The minimum absolute atomic E-state index is 0.268. The van der Waals surface area contributed by atoms with Gasteiger partial charge in [-0.2, -0.15) is 0 Å². The molecule has 0 atom stereocenters. The molecular formula is C14H18O4. The Kier molecular flexibility index (Phi) is 6.40. The number of rotatable bonds is 9. The van der Waals surface area contributed by atoms with Crippen molar-refractivity contribution in [3.63, 3.8) is 0 Å². The van der Waals surface area contributed by atoms with Gasteiger partial charge in [-0.05, 0) is 43.5 Å². The van der Waals surface area contributed by atoms with Crippen molar-refractivity contribution in [2.45, 2.75) is 19.3 Å². The molecule has 0 aliphatic carbocycles. The third-order valence-electron chi connectivity index (χ3n) is 2.39. The zero-order chi connectivity index (χ0) is 13.2. The van der Waals surface area contributed by atoms with Gasteiger partial charge in [0, 0.05) is 0 Å². The Bertz CT molecular complexity index is 370. The van der Waals surface area contributed by atoms with E-state index in [1.807, 2.05) is 0 Å². The van der Waals surface area contributed by atoms with E-state index >= 15 is 0 Å². The quantitative estimate of drug-likeness (QED) is 0.540. The first kappa shape index (κ1) is 14.1. The Balaban J connectivity index is 2.15. The van der Waals surface area contributed by atoms with Crippen LogP contribution in [0, 0.1) is 0 Å². The van der Waals surface area contributed by atoms with Crippen LogP contribution in [0.15, 0.2) is 37.1 Å². The van der Waals surface area contributed by atoms with Crippen molar-refractivity contribution in [1.82, 2.24) is 0 Å². The lowest BCUT2D eigenvalue weighted by Gasteiger charge is -2.06. The summed E-state index contributed by atoms with van der Waals surface area (Å²) in [6.07, 6.45) is 4.40. The molecule has 1 aromatic rings. The Morgan fingerprint density at radius 2 is 1.83 bits per heavy atom. The number of unbranched alkanes of at least 4 members (excludes halogenated alkanes) is 2. The lowest BCUT2D eigenvalue weighted by Crippen LogP contribution is -2.00. The molecule has 0 heterocycles. The second-order valence-corrected chi connectivity index (χ2v) is 3.78. The third kappa shape index (κ3) is 5.39. The number of aromatic carboxylic acids is 1. The molecule has 1 aromatic carbocycles. The molecule has 0 spiro atoms. The number of carboxylic acids is 1. The van der Waals surface area contributed by atoms with Gasteiger partial charge in [-0.3, -0.25) is 0 Å². The topological polar surface area (TPSA) is 55.8 Å². The molecule has 0 amide bonds. The molecule has 0 aliphatic rings. The second-order valence-electron chi connectivity index (χ2n) is 3.78. The lowest BCUT2D eigenvalue weighted by molar-refractivity contribution is 0.0697. The molecule has 18 heavy (non-hydrogen) atoms. The highest BCUT2D eigenvalue weighted by Crippen LogP contribution is 2.12. The van der Waals surface area contributed by atoms with Crippen molar-refractivity contribution >= 4 is 5.97 Å². The first-order chi connectivity index (χ1) is 8.74. The molecule has 98 valence electrons. The number of hydrogen-bond donors (Lipinski definition) is 1. The fourth-order valence-electron chi connectivity index (χ4n) is 1.43. The average molecular weight is 250 g/mol. The van der Waals surface area contributed by atoms with Gasteiger partial charge < -0.3 is 14.6 Å². The molecule has 1 N–H and O–H groups in total. The molecule has 0 aliphatic heterocycles. The van der Waals surface area contributed by atoms with E-state index in [-0.39, 0.29) is 5.56 Å². The maximum Gasteiger partial charge on any atom is 0.335 e. The molecule has 0 bridgehead atoms.